The third-order valence-corrected chi connectivity index (χ3v) is 5.31. The highest BCUT2D eigenvalue weighted by atomic mass is 16.7. The maximum Gasteiger partial charge on any atom is 0.277 e. The minimum Gasteiger partial charge on any atom is -0.494 e. The van der Waals surface area contributed by atoms with Gasteiger partial charge in [0.05, 0.1) is 12.3 Å². The number of benzene rings is 2. The van der Waals surface area contributed by atoms with E-state index in [1.807, 2.05) is 49.4 Å². The van der Waals surface area contributed by atoms with E-state index in [1.54, 1.807) is 18.5 Å². The standard InChI is InChI=1S/C24H22N4O5/c1-2-31-18-6-4-17(5-7-18)19-12-20-24(30)27(9-10-28(20)26-19)14-23(29)25-13-16-3-8-21-22(11-16)33-15-32-21/h3-12H,2,13-15H2,1H3,(H,25,29). The Morgan fingerprint density at radius 3 is 2.73 bits per heavy atom. The van der Waals surface area contributed by atoms with Crippen LogP contribution in [-0.4, -0.2) is 33.5 Å². The van der Waals surface area contributed by atoms with Gasteiger partial charge in [0.25, 0.3) is 5.56 Å². The van der Waals surface area contributed by atoms with Crippen LogP contribution in [0.15, 0.2) is 65.7 Å². The monoisotopic (exact) mass is 446 g/mol. The summed E-state index contributed by atoms with van der Waals surface area (Å²) in [4.78, 5) is 25.4. The van der Waals surface area contributed by atoms with Gasteiger partial charge in [-0.05, 0) is 55.0 Å². The molecule has 0 aliphatic carbocycles. The van der Waals surface area contributed by atoms with Gasteiger partial charge in [0.15, 0.2) is 11.5 Å². The number of hydrogen-bond donors (Lipinski definition) is 1. The molecule has 0 unspecified atom stereocenters. The van der Waals surface area contributed by atoms with Crippen molar-refractivity contribution < 1.29 is 19.0 Å². The third-order valence-electron chi connectivity index (χ3n) is 5.31. The number of amides is 1. The maximum atomic E-state index is 12.9. The largest absolute Gasteiger partial charge is 0.494 e. The van der Waals surface area contributed by atoms with E-state index in [4.69, 9.17) is 14.2 Å². The summed E-state index contributed by atoms with van der Waals surface area (Å²) in [5.74, 6) is 1.85. The molecule has 2 aromatic heterocycles. The minimum absolute atomic E-state index is 0.0938. The van der Waals surface area contributed by atoms with Gasteiger partial charge >= 0.3 is 0 Å². The summed E-state index contributed by atoms with van der Waals surface area (Å²) in [6.45, 7) is 2.95. The molecule has 33 heavy (non-hydrogen) atoms. The van der Waals surface area contributed by atoms with Crippen LogP contribution in [0.3, 0.4) is 0 Å². The van der Waals surface area contributed by atoms with Gasteiger partial charge in [-0.1, -0.05) is 6.07 Å². The Morgan fingerprint density at radius 2 is 1.91 bits per heavy atom. The first-order valence-electron chi connectivity index (χ1n) is 10.6. The Balaban J connectivity index is 1.29. The van der Waals surface area contributed by atoms with Crippen molar-refractivity contribution in [3.8, 4) is 28.5 Å². The van der Waals surface area contributed by atoms with Gasteiger partial charge in [0, 0.05) is 24.5 Å². The molecule has 0 fully saturated rings. The van der Waals surface area contributed by atoms with Gasteiger partial charge < -0.3 is 24.1 Å². The highest BCUT2D eigenvalue weighted by molar-refractivity contribution is 5.76. The van der Waals surface area contributed by atoms with Crippen molar-refractivity contribution in [2.45, 2.75) is 20.0 Å². The Hall–Kier alpha value is -4.27. The average molecular weight is 446 g/mol. The molecule has 1 aliphatic rings. The van der Waals surface area contributed by atoms with E-state index in [2.05, 4.69) is 10.4 Å². The minimum atomic E-state index is -0.291. The summed E-state index contributed by atoms with van der Waals surface area (Å²) in [5.41, 5.74) is 2.52. The highest BCUT2D eigenvalue weighted by Crippen LogP contribution is 2.32. The first-order chi connectivity index (χ1) is 16.1. The molecule has 4 aromatic rings. The van der Waals surface area contributed by atoms with Crippen LogP contribution in [0.5, 0.6) is 17.2 Å². The lowest BCUT2D eigenvalue weighted by Gasteiger charge is -2.08. The normalized spacial score (nSPS) is 12.2. The molecule has 0 spiro atoms. The first kappa shape index (κ1) is 20.6. The van der Waals surface area contributed by atoms with E-state index in [0.29, 0.717) is 35.9 Å². The molecule has 168 valence electrons. The van der Waals surface area contributed by atoms with Crippen molar-refractivity contribution in [3.63, 3.8) is 0 Å². The summed E-state index contributed by atoms with van der Waals surface area (Å²) in [6, 6.07) is 14.8. The van der Waals surface area contributed by atoms with Crippen LogP contribution in [-0.2, 0) is 17.9 Å². The highest BCUT2D eigenvalue weighted by Gasteiger charge is 2.14. The molecule has 1 aliphatic heterocycles. The molecule has 0 radical (unpaired) electrons. The van der Waals surface area contributed by atoms with Gasteiger partial charge in [-0.25, -0.2) is 4.52 Å². The lowest BCUT2D eigenvalue weighted by molar-refractivity contribution is -0.121. The van der Waals surface area contributed by atoms with Gasteiger partial charge in [-0.15, -0.1) is 0 Å². The number of hydrogen-bond acceptors (Lipinski definition) is 6. The van der Waals surface area contributed by atoms with Gasteiger partial charge in [0.2, 0.25) is 12.7 Å². The molecule has 5 rings (SSSR count). The molecular weight excluding hydrogens is 424 g/mol. The number of nitrogens with one attached hydrogen (secondary N) is 1. The quantitative estimate of drug-likeness (QED) is 0.469. The zero-order chi connectivity index (χ0) is 22.8. The summed E-state index contributed by atoms with van der Waals surface area (Å²) in [5, 5.41) is 7.32. The summed E-state index contributed by atoms with van der Waals surface area (Å²) >= 11 is 0. The number of carbonyl (C=O) groups excluding carboxylic acids is 1. The zero-order valence-corrected chi connectivity index (χ0v) is 18.0. The van der Waals surface area contributed by atoms with Crippen LogP contribution in [0.2, 0.25) is 0 Å². The van der Waals surface area contributed by atoms with Crippen LogP contribution in [0.4, 0.5) is 0 Å². The van der Waals surface area contributed by atoms with Crippen molar-refractivity contribution in [2.75, 3.05) is 13.4 Å². The molecule has 1 amide bonds. The second kappa shape index (κ2) is 8.70. The van der Waals surface area contributed by atoms with E-state index in [-0.39, 0.29) is 24.8 Å². The van der Waals surface area contributed by atoms with Gasteiger partial charge in [-0.3, -0.25) is 9.59 Å². The zero-order valence-electron chi connectivity index (χ0n) is 18.0. The van der Waals surface area contributed by atoms with Crippen LogP contribution in [0.1, 0.15) is 12.5 Å². The molecule has 9 nitrogen and oxygen atoms in total. The van der Waals surface area contributed by atoms with Gasteiger partial charge in [0.1, 0.15) is 17.8 Å². The van der Waals surface area contributed by atoms with Gasteiger partial charge in [-0.2, -0.15) is 5.10 Å². The first-order valence-corrected chi connectivity index (χ1v) is 10.6. The van der Waals surface area contributed by atoms with Crippen LogP contribution in [0, 0.1) is 0 Å². The molecule has 9 heteroatoms. The molecular formula is C24H22N4O5. The molecule has 1 N–H and O–H groups in total. The Labute approximate surface area is 189 Å². The predicted molar refractivity (Wildman–Crippen MR) is 120 cm³/mol. The fraction of sp³-hybridized carbons (Fsp3) is 0.208. The smallest absolute Gasteiger partial charge is 0.277 e. The lowest BCUT2D eigenvalue weighted by atomic mass is 10.1. The van der Waals surface area contributed by atoms with Crippen molar-refractivity contribution in [1.29, 1.82) is 0 Å². The Morgan fingerprint density at radius 1 is 1.09 bits per heavy atom. The lowest BCUT2D eigenvalue weighted by Crippen LogP contribution is -2.32. The van der Waals surface area contributed by atoms with Crippen molar-refractivity contribution in [2.24, 2.45) is 0 Å². The molecule has 0 atom stereocenters. The second-order valence-electron chi connectivity index (χ2n) is 7.51. The summed E-state index contributed by atoms with van der Waals surface area (Å²) in [7, 11) is 0. The summed E-state index contributed by atoms with van der Waals surface area (Å²) < 4.78 is 19.0. The maximum absolute atomic E-state index is 12.9. The SMILES string of the molecule is CCOc1ccc(-c2cc3c(=O)n(CC(=O)NCc4ccc5c(c4)OCO5)ccn3n2)cc1. The third kappa shape index (κ3) is 4.25. The molecule has 0 saturated heterocycles. The fourth-order valence-electron chi connectivity index (χ4n) is 3.64. The van der Waals surface area contributed by atoms with Crippen molar-refractivity contribution in [3.05, 3.63) is 76.8 Å². The number of fused-ring (bicyclic) bond motifs is 2. The number of aromatic nitrogens is 3. The second-order valence-corrected chi connectivity index (χ2v) is 7.51. The van der Waals surface area contributed by atoms with E-state index in [0.717, 1.165) is 16.9 Å². The molecule has 3 heterocycles. The number of carbonyl (C=O) groups is 1. The van der Waals surface area contributed by atoms with Crippen LogP contribution >= 0.6 is 0 Å². The average Bonchev–Trinajstić information content (AvgIpc) is 3.47. The van der Waals surface area contributed by atoms with E-state index < -0.39 is 0 Å². The number of rotatable bonds is 7. The van der Waals surface area contributed by atoms with E-state index in [1.165, 1.54) is 9.08 Å². The molecule has 0 bridgehead atoms. The number of nitrogens with zero attached hydrogens (tertiary/aromatic N) is 3. The van der Waals surface area contributed by atoms with Crippen LogP contribution in [0.25, 0.3) is 16.8 Å². The van der Waals surface area contributed by atoms with Crippen LogP contribution < -0.4 is 25.1 Å². The molecule has 2 aromatic carbocycles. The predicted octanol–water partition coefficient (Wildman–Crippen LogP) is 2.61. The van der Waals surface area contributed by atoms with E-state index in [9.17, 15) is 9.59 Å². The fourth-order valence-corrected chi connectivity index (χ4v) is 3.64. The summed E-state index contributed by atoms with van der Waals surface area (Å²) in [6.07, 6.45) is 3.23. The van der Waals surface area contributed by atoms with Crippen molar-refractivity contribution in [1.82, 2.24) is 19.5 Å². The molecule has 0 saturated carbocycles. The Kier molecular flexibility index (Phi) is 5.43. The number of ether oxygens (including phenoxy) is 3. The van der Waals surface area contributed by atoms with E-state index >= 15 is 0 Å². The Bertz CT molecular complexity index is 1370. The topological polar surface area (TPSA) is 96.1 Å². The van der Waals surface area contributed by atoms with Crippen molar-refractivity contribution >= 4 is 11.4 Å².